The Balaban J connectivity index is 1.45. The number of benzene rings is 3. The highest BCUT2D eigenvalue weighted by Crippen LogP contribution is 2.27. The van der Waals surface area contributed by atoms with Gasteiger partial charge in [0.15, 0.2) is 0 Å². The van der Waals surface area contributed by atoms with Crippen LogP contribution in [0.3, 0.4) is 0 Å². The second kappa shape index (κ2) is 7.81. The van der Waals surface area contributed by atoms with Crippen molar-refractivity contribution in [3.8, 4) is 11.1 Å². The predicted molar refractivity (Wildman–Crippen MR) is 112 cm³/mol. The third-order valence-electron chi connectivity index (χ3n) is 5.34. The number of carbonyl (C=O) groups excluding carboxylic acids is 1. The minimum absolute atomic E-state index is 0.126. The van der Waals surface area contributed by atoms with Crippen LogP contribution in [-0.2, 0) is 11.2 Å². The summed E-state index contributed by atoms with van der Waals surface area (Å²) < 4.78 is 14.6. The van der Waals surface area contributed by atoms with Crippen LogP contribution in [0.4, 0.5) is 4.39 Å². The van der Waals surface area contributed by atoms with Crippen molar-refractivity contribution < 1.29 is 9.18 Å². The van der Waals surface area contributed by atoms with E-state index in [1.165, 1.54) is 6.07 Å². The summed E-state index contributed by atoms with van der Waals surface area (Å²) in [5.74, 6) is -0.488. The molecular formula is C25H22FNO. The number of aromatic nitrogens is 1. The molecule has 1 aromatic heterocycles. The lowest BCUT2D eigenvalue weighted by atomic mass is 9.91. The summed E-state index contributed by atoms with van der Waals surface area (Å²) in [4.78, 5) is 15.8. The van der Waals surface area contributed by atoms with Crippen LogP contribution in [0, 0.1) is 5.82 Å². The summed E-state index contributed by atoms with van der Waals surface area (Å²) in [6, 6.07) is 22.8. The summed E-state index contributed by atoms with van der Waals surface area (Å²) in [6.07, 6.45) is 3.04. The van der Waals surface area contributed by atoms with Crippen LogP contribution in [0.2, 0.25) is 0 Å². The average Bonchev–Trinajstić information content (AvgIpc) is 3.20. The van der Waals surface area contributed by atoms with Crippen molar-refractivity contribution in [2.75, 3.05) is 0 Å². The van der Waals surface area contributed by atoms with Crippen LogP contribution in [0.25, 0.3) is 22.0 Å². The maximum absolute atomic E-state index is 14.6. The smallest absolute Gasteiger partial charge is 0.140 e. The first kappa shape index (κ1) is 18.2. The lowest BCUT2D eigenvalue weighted by Gasteiger charge is -2.13. The van der Waals surface area contributed by atoms with Crippen LogP contribution in [0.1, 0.15) is 30.4 Å². The van der Waals surface area contributed by atoms with E-state index in [9.17, 15) is 9.18 Å². The highest BCUT2D eigenvalue weighted by Gasteiger charge is 2.17. The van der Waals surface area contributed by atoms with Gasteiger partial charge in [-0.1, -0.05) is 55.5 Å². The standard InChI is InChI=1S/C25H22FNO/c1-17(20-9-10-22(23(26)16-20)19-5-3-2-4-6-19)25(28)12-8-18-7-11-24-21(15-18)13-14-27-24/h2-7,9-11,13-17,27H,8,12H2,1H3/t17-/m1/s1. The van der Waals surface area contributed by atoms with Gasteiger partial charge in [0, 0.05) is 29.6 Å². The molecule has 0 aliphatic rings. The van der Waals surface area contributed by atoms with Gasteiger partial charge >= 0.3 is 0 Å². The molecule has 0 amide bonds. The van der Waals surface area contributed by atoms with Gasteiger partial charge in [-0.05, 0) is 52.8 Å². The maximum atomic E-state index is 14.6. The molecule has 4 aromatic rings. The molecule has 28 heavy (non-hydrogen) atoms. The Hall–Kier alpha value is -3.20. The molecule has 1 heterocycles. The van der Waals surface area contributed by atoms with Gasteiger partial charge in [-0.2, -0.15) is 0 Å². The molecule has 3 heteroatoms. The van der Waals surface area contributed by atoms with E-state index in [4.69, 9.17) is 0 Å². The summed E-state index contributed by atoms with van der Waals surface area (Å²) in [5.41, 5.74) is 4.36. The van der Waals surface area contributed by atoms with Gasteiger partial charge in [0.2, 0.25) is 0 Å². The topological polar surface area (TPSA) is 32.9 Å². The van der Waals surface area contributed by atoms with E-state index in [1.54, 1.807) is 6.07 Å². The summed E-state index contributed by atoms with van der Waals surface area (Å²) in [7, 11) is 0. The normalized spacial score (nSPS) is 12.2. The Kier molecular flexibility index (Phi) is 5.07. The first-order valence-corrected chi connectivity index (χ1v) is 9.55. The molecule has 0 saturated heterocycles. The van der Waals surface area contributed by atoms with Gasteiger partial charge in [-0.25, -0.2) is 4.39 Å². The average molecular weight is 371 g/mol. The van der Waals surface area contributed by atoms with Crippen molar-refractivity contribution in [1.29, 1.82) is 0 Å². The van der Waals surface area contributed by atoms with Crippen molar-refractivity contribution in [2.24, 2.45) is 0 Å². The molecule has 0 aliphatic heterocycles. The number of nitrogens with one attached hydrogen (secondary N) is 1. The number of H-pyrrole nitrogens is 1. The molecule has 0 radical (unpaired) electrons. The number of ketones is 1. The minimum atomic E-state index is -0.324. The Morgan fingerprint density at radius 1 is 1.00 bits per heavy atom. The number of Topliss-reactive ketones (excluding diaryl/α,β-unsaturated/α-hetero) is 1. The highest BCUT2D eigenvalue weighted by molar-refractivity contribution is 5.86. The Morgan fingerprint density at radius 2 is 1.82 bits per heavy atom. The van der Waals surface area contributed by atoms with Crippen molar-refractivity contribution in [2.45, 2.75) is 25.7 Å². The predicted octanol–water partition coefficient (Wildman–Crippen LogP) is 6.28. The molecule has 0 aliphatic carbocycles. The van der Waals surface area contributed by atoms with Crippen LogP contribution in [0.15, 0.2) is 79.0 Å². The quantitative estimate of drug-likeness (QED) is 0.425. The Morgan fingerprint density at radius 3 is 2.61 bits per heavy atom. The molecule has 0 fully saturated rings. The Bertz CT molecular complexity index is 1110. The van der Waals surface area contributed by atoms with Crippen LogP contribution < -0.4 is 0 Å². The van der Waals surface area contributed by atoms with E-state index in [-0.39, 0.29) is 17.5 Å². The van der Waals surface area contributed by atoms with Crippen molar-refractivity contribution in [3.63, 3.8) is 0 Å². The third-order valence-corrected chi connectivity index (χ3v) is 5.34. The van der Waals surface area contributed by atoms with Gasteiger partial charge in [0.1, 0.15) is 11.6 Å². The second-order valence-corrected chi connectivity index (χ2v) is 7.19. The van der Waals surface area contributed by atoms with Gasteiger partial charge in [0.25, 0.3) is 0 Å². The summed E-state index contributed by atoms with van der Waals surface area (Å²) >= 11 is 0. The van der Waals surface area contributed by atoms with E-state index < -0.39 is 0 Å². The van der Waals surface area contributed by atoms with Gasteiger partial charge in [-0.15, -0.1) is 0 Å². The van der Waals surface area contributed by atoms with Gasteiger partial charge in [-0.3, -0.25) is 4.79 Å². The molecule has 0 unspecified atom stereocenters. The molecule has 0 saturated carbocycles. The van der Waals surface area contributed by atoms with Crippen molar-refractivity contribution >= 4 is 16.7 Å². The molecule has 4 rings (SSSR count). The lowest BCUT2D eigenvalue weighted by molar-refractivity contribution is -0.120. The van der Waals surface area contributed by atoms with E-state index in [1.807, 2.05) is 67.7 Å². The number of halogens is 1. The van der Waals surface area contributed by atoms with Crippen LogP contribution in [0.5, 0.6) is 0 Å². The van der Waals surface area contributed by atoms with E-state index in [0.29, 0.717) is 18.4 Å². The fourth-order valence-corrected chi connectivity index (χ4v) is 3.58. The molecule has 0 bridgehead atoms. The largest absolute Gasteiger partial charge is 0.361 e. The number of fused-ring (bicyclic) bond motifs is 1. The zero-order valence-corrected chi connectivity index (χ0v) is 15.8. The number of aromatic amines is 1. The lowest BCUT2D eigenvalue weighted by Crippen LogP contribution is -2.10. The van der Waals surface area contributed by atoms with Gasteiger partial charge < -0.3 is 4.98 Å². The molecule has 2 nitrogen and oxygen atoms in total. The van der Waals surface area contributed by atoms with Crippen LogP contribution in [-0.4, -0.2) is 10.8 Å². The molecule has 140 valence electrons. The SMILES string of the molecule is C[C@@H](C(=O)CCc1ccc2[nH]ccc2c1)c1ccc(-c2ccccc2)c(F)c1. The third kappa shape index (κ3) is 3.74. The van der Waals surface area contributed by atoms with E-state index in [0.717, 1.165) is 27.6 Å². The number of carbonyl (C=O) groups is 1. The minimum Gasteiger partial charge on any atom is -0.361 e. The summed E-state index contributed by atoms with van der Waals surface area (Å²) in [5, 5.41) is 1.15. The second-order valence-electron chi connectivity index (χ2n) is 7.19. The highest BCUT2D eigenvalue weighted by atomic mass is 19.1. The molecular weight excluding hydrogens is 349 g/mol. The fraction of sp³-hybridized carbons (Fsp3) is 0.160. The zero-order valence-electron chi connectivity index (χ0n) is 15.8. The van der Waals surface area contributed by atoms with Crippen molar-refractivity contribution in [1.82, 2.24) is 4.98 Å². The number of hydrogen-bond donors (Lipinski definition) is 1. The molecule has 3 aromatic carbocycles. The van der Waals surface area contributed by atoms with E-state index in [2.05, 4.69) is 11.1 Å². The zero-order chi connectivity index (χ0) is 19.5. The first-order chi connectivity index (χ1) is 13.6. The number of aryl methyl sites for hydroxylation is 1. The number of rotatable bonds is 6. The Labute approximate surface area is 164 Å². The number of hydrogen-bond acceptors (Lipinski definition) is 1. The molecule has 1 N–H and O–H groups in total. The van der Waals surface area contributed by atoms with Crippen LogP contribution >= 0.6 is 0 Å². The maximum Gasteiger partial charge on any atom is 0.140 e. The van der Waals surface area contributed by atoms with E-state index >= 15 is 0 Å². The summed E-state index contributed by atoms with van der Waals surface area (Å²) in [6.45, 7) is 1.86. The van der Waals surface area contributed by atoms with Crippen molar-refractivity contribution in [3.05, 3.63) is 95.9 Å². The van der Waals surface area contributed by atoms with Gasteiger partial charge in [0.05, 0.1) is 0 Å². The molecule has 0 spiro atoms. The first-order valence-electron chi connectivity index (χ1n) is 9.55. The molecule has 1 atom stereocenters. The fourth-order valence-electron chi connectivity index (χ4n) is 3.58. The monoisotopic (exact) mass is 371 g/mol.